The largest absolute Gasteiger partial charge is 0.465 e. The lowest BCUT2D eigenvalue weighted by Crippen LogP contribution is -2.27. The van der Waals surface area contributed by atoms with Crippen LogP contribution in [0.3, 0.4) is 0 Å². The summed E-state index contributed by atoms with van der Waals surface area (Å²) in [5, 5.41) is 9.75. The summed E-state index contributed by atoms with van der Waals surface area (Å²) in [7, 11) is 0. The number of thioether (sulfide) groups is 1. The van der Waals surface area contributed by atoms with Gasteiger partial charge in [0.1, 0.15) is 6.54 Å². The molecule has 0 saturated carbocycles. The molecule has 1 fully saturated rings. The molecule has 2 heterocycles. The summed E-state index contributed by atoms with van der Waals surface area (Å²) in [4.78, 5) is 39.0. The Balaban J connectivity index is 1.64. The predicted molar refractivity (Wildman–Crippen MR) is 121 cm³/mol. The zero-order chi connectivity index (χ0) is 22.7. The zero-order valence-electron chi connectivity index (χ0n) is 17.3. The fourth-order valence-corrected chi connectivity index (χ4v) is 4.41. The number of nitriles is 1. The third-order valence-corrected chi connectivity index (χ3v) is 5.96. The van der Waals surface area contributed by atoms with E-state index >= 15 is 0 Å². The van der Waals surface area contributed by atoms with Crippen molar-refractivity contribution in [2.75, 3.05) is 6.61 Å². The minimum atomic E-state index is -0.407. The van der Waals surface area contributed by atoms with Crippen LogP contribution >= 0.6 is 11.8 Å². The van der Waals surface area contributed by atoms with Crippen LogP contribution in [0.2, 0.25) is 0 Å². The number of imide groups is 1. The Labute approximate surface area is 188 Å². The molecule has 4 rings (SSSR count). The van der Waals surface area contributed by atoms with Gasteiger partial charge in [-0.3, -0.25) is 19.3 Å². The smallest absolute Gasteiger partial charge is 0.325 e. The lowest BCUT2D eigenvalue weighted by atomic mass is 10.1. The summed E-state index contributed by atoms with van der Waals surface area (Å²) in [6, 6.07) is 16.5. The van der Waals surface area contributed by atoms with Crippen molar-refractivity contribution in [3.05, 3.63) is 76.3 Å². The Hall–Kier alpha value is -3.83. The molecule has 1 aliphatic rings. The van der Waals surface area contributed by atoms with Crippen LogP contribution in [0.5, 0.6) is 0 Å². The fraction of sp³-hybridized carbons (Fsp3) is 0.167. The second-order valence-electron chi connectivity index (χ2n) is 7.07. The van der Waals surface area contributed by atoms with Crippen LogP contribution in [-0.4, -0.2) is 33.2 Å². The fourth-order valence-electron chi connectivity index (χ4n) is 3.58. The van der Waals surface area contributed by atoms with Crippen LogP contribution in [0.4, 0.5) is 4.79 Å². The number of carbonyl (C=O) groups is 3. The van der Waals surface area contributed by atoms with Crippen molar-refractivity contribution in [3.63, 3.8) is 0 Å². The summed E-state index contributed by atoms with van der Waals surface area (Å²) in [6.45, 7) is 2.14. The number of esters is 1. The maximum atomic E-state index is 13.0. The highest BCUT2D eigenvalue weighted by atomic mass is 32.2. The topological polar surface area (TPSA) is 92.4 Å². The molecule has 3 aromatic rings. The van der Waals surface area contributed by atoms with E-state index in [1.807, 2.05) is 24.3 Å². The van der Waals surface area contributed by atoms with Crippen LogP contribution in [0.25, 0.3) is 17.0 Å². The maximum Gasteiger partial charge on any atom is 0.325 e. The number of hydrogen-bond acceptors (Lipinski definition) is 6. The van der Waals surface area contributed by atoms with Crippen molar-refractivity contribution < 1.29 is 19.1 Å². The monoisotopic (exact) mass is 445 g/mol. The average molecular weight is 446 g/mol. The van der Waals surface area contributed by atoms with E-state index in [0.29, 0.717) is 22.6 Å². The second kappa shape index (κ2) is 9.12. The van der Waals surface area contributed by atoms with Gasteiger partial charge in [-0.2, -0.15) is 5.26 Å². The van der Waals surface area contributed by atoms with E-state index in [9.17, 15) is 19.6 Å². The van der Waals surface area contributed by atoms with Gasteiger partial charge >= 0.3 is 5.97 Å². The van der Waals surface area contributed by atoms with Gasteiger partial charge in [0.05, 0.1) is 29.7 Å². The molecule has 2 amide bonds. The molecule has 8 heteroatoms. The van der Waals surface area contributed by atoms with E-state index in [4.69, 9.17) is 4.74 Å². The molecule has 0 unspecified atom stereocenters. The number of carbonyl (C=O) groups excluding carboxylic acids is 3. The number of nitrogens with zero attached hydrogens (tertiary/aromatic N) is 3. The summed E-state index contributed by atoms with van der Waals surface area (Å²) >= 11 is 0.864. The average Bonchev–Trinajstić information content (AvgIpc) is 3.26. The summed E-state index contributed by atoms with van der Waals surface area (Å²) in [5.74, 6) is -0.758. The van der Waals surface area contributed by atoms with E-state index in [1.165, 1.54) is 0 Å². The van der Waals surface area contributed by atoms with E-state index in [0.717, 1.165) is 33.1 Å². The minimum Gasteiger partial charge on any atom is -0.465 e. The molecule has 1 aromatic heterocycles. The minimum absolute atomic E-state index is 0.0381. The molecule has 2 aromatic carbocycles. The molecule has 1 saturated heterocycles. The van der Waals surface area contributed by atoms with Gasteiger partial charge in [0.15, 0.2) is 0 Å². The molecule has 0 aliphatic carbocycles. The van der Waals surface area contributed by atoms with E-state index in [-0.39, 0.29) is 24.3 Å². The highest BCUT2D eigenvalue weighted by molar-refractivity contribution is 8.18. The third-order valence-electron chi connectivity index (χ3n) is 5.05. The summed E-state index contributed by atoms with van der Waals surface area (Å²) in [6.07, 6.45) is 3.45. The molecule has 0 radical (unpaired) electrons. The number of hydrogen-bond donors (Lipinski definition) is 0. The number of rotatable bonds is 6. The van der Waals surface area contributed by atoms with Gasteiger partial charge in [-0.1, -0.05) is 36.4 Å². The molecule has 7 nitrogen and oxygen atoms in total. The summed E-state index contributed by atoms with van der Waals surface area (Å²) in [5.41, 5.74) is 2.60. The lowest BCUT2D eigenvalue weighted by molar-refractivity contribution is -0.143. The van der Waals surface area contributed by atoms with E-state index < -0.39 is 5.91 Å². The van der Waals surface area contributed by atoms with Crippen molar-refractivity contribution in [3.8, 4) is 6.07 Å². The van der Waals surface area contributed by atoms with Crippen molar-refractivity contribution in [2.24, 2.45) is 0 Å². The first-order chi connectivity index (χ1) is 15.5. The normalized spacial score (nSPS) is 14.9. The van der Waals surface area contributed by atoms with Gasteiger partial charge < -0.3 is 9.30 Å². The number of amides is 2. The number of benzene rings is 2. The van der Waals surface area contributed by atoms with Gasteiger partial charge in [0, 0.05) is 22.7 Å². The Kier molecular flexibility index (Phi) is 6.10. The van der Waals surface area contributed by atoms with Crippen molar-refractivity contribution in [1.29, 1.82) is 5.26 Å². The van der Waals surface area contributed by atoms with Crippen molar-refractivity contribution in [2.45, 2.75) is 20.0 Å². The Morgan fingerprint density at radius 1 is 1.16 bits per heavy atom. The second-order valence-corrected chi connectivity index (χ2v) is 8.06. The first-order valence-corrected chi connectivity index (χ1v) is 10.8. The SMILES string of the molecule is CCOC(=O)Cn1cc(/C=C2/SC(=O)N(Cc3ccccc3C#N)C2=O)c2ccccc21. The molecule has 0 atom stereocenters. The molecule has 0 spiro atoms. The summed E-state index contributed by atoms with van der Waals surface area (Å²) < 4.78 is 6.82. The molecular formula is C24H19N3O4S. The van der Waals surface area contributed by atoms with Gasteiger partial charge in [-0.15, -0.1) is 0 Å². The Morgan fingerprint density at radius 2 is 1.91 bits per heavy atom. The van der Waals surface area contributed by atoms with E-state index in [2.05, 4.69) is 6.07 Å². The van der Waals surface area contributed by atoms with Gasteiger partial charge in [-0.05, 0) is 42.5 Å². The lowest BCUT2D eigenvalue weighted by Gasteiger charge is -2.13. The highest BCUT2D eigenvalue weighted by Gasteiger charge is 2.35. The van der Waals surface area contributed by atoms with Crippen molar-refractivity contribution >= 4 is 45.9 Å². The Bertz CT molecular complexity index is 1300. The predicted octanol–water partition coefficient (Wildman–Crippen LogP) is 4.31. The quantitative estimate of drug-likeness (QED) is 0.415. The van der Waals surface area contributed by atoms with Gasteiger partial charge in [-0.25, -0.2) is 0 Å². The van der Waals surface area contributed by atoms with Crippen LogP contribution in [0.1, 0.15) is 23.6 Å². The van der Waals surface area contributed by atoms with Gasteiger partial charge in [0.2, 0.25) is 0 Å². The molecule has 160 valence electrons. The van der Waals surface area contributed by atoms with Crippen LogP contribution in [-0.2, 0) is 27.4 Å². The standard InChI is InChI=1S/C24H19N3O4S/c1-2-31-22(28)15-26-13-18(19-9-5-6-10-20(19)26)11-21-23(29)27(24(30)32-21)14-17-8-4-3-7-16(17)12-25/h3-11,13H,2,14-15H2,1H3/b21-11+. The molecule has 0 bridgehead atoms. The van der Waals surface area contributed by atoms with Crippen molar-refractivity contribution in [1.82, 2.24) is 9.47 Å². The van der Waals surface area contributed by atoms with Crippen LogP contribution in [0.15, 0.2) is 59.6 Å². The number of aromatic nitrogens is 1. The maximum absolute atomic E-state index is 13.0. The van der Waals surface area contributed by atoms with Gasteiger partial charge in [0.25, 0.3) is 11.1 Å². The molecule has 1 aliphatic heterocycles. The third kappa shape index (κ3) is 4.15. The molecule has 32 heavy (non-hydrogen) atoms. The number of fused-ring (bicyclic) bond motifs is 1. The Morgan fingerprint density at radius 3 is 2.69 bits per heavy atom. The van der Waals surface area contributed by atoms with Crippen LogP contribution in [0, 0.1) is 11.3 Å². The first-order valence-electron chi connectivity index (χ1n) is 9.98. The van der Waals surface area contributed by atoms with E-state index in [1.54, 1.807) is 48.0 Å². The van der Waals surface area contributed by atoms with Crippen LogP contribution < -0.4 is 0 Å². The zero-order valence-corrected chi connectivity index (χ0v) is 18.1. The first kappa shape index (κ1) is 21.4. The molecular weight excluding hydrogens is 426 g/mol. The highest BCUT2D eigenvalue weighted by Crippen LogP contribution is 2.35. The number of ether oxygens (including phenoxy) is 1. The number of para-hydroxylation sites is 1. The molecule has 0 N–H and O–H groups in total.